The SMILES string of the molecule is O=S(=O)([O-])CCCCOc1ccc(Nc2cnc(Nc3cc(SOO[O-])cc4cc(SOO[O-])cc(S(=O)(=O)[O-])c34)cn2)cc1.[Na+].[Na+].[Na+].[Na+]. The van der Waals surface area contributed by atoms with Gasteiger partial charge in [0, 0.05) is 26.6 Å². The molecule has 49 heavy (non-hydrogen) atoms. The Bertz CT molecular complexity index is 1830. The molecule has 25 heteroatoms. The monoisotopic (exact) mass is 792 g/mol. The summed E-state index contributed by atoms with van der Waals surface area (Å²) in [7, 11) is -9.30. The van der Waals surface area contributed by atoms with Crippen LogP contribution in [0.5, 0.6) is 5.75 Å². The van der Waals surface area contributed by atoms with Crippen molar-refractivity contribution in [1.82, 2.24) is 9.97 Å². The summed E-state index contributed by atoms with van der Waals surface area (Å²) in [4.78, 5) is 8.20. The van der Waals surface area contributed by atoms with E-state index >= 15 is 0 Å². The quantitative estimate of drug-likeness (QED) is 0.0251. The Morgan fingerprint density at radius 1 is 0.735 bits per heavy atom. The Labute approximate surface area is 378 Å². The fourth-order valence-corrected chi connectivity index (χ4v) is 6.15. The van der Waals surface area contributed by atoms with Gasteiger partial charge < -0.3 is 35.0 Å². The number of nitrogens with zero attached hydrogens (tertiary/aromatic N) is 2. The van der Waals surface area contributed by atoms with Crippen LogP contribution < -0.4 is 144 Å². The maximum Gasteiger partial charge on any atom is 1.00 e. The van der Waals surface area contributed by atoms with Crippen molar-refractivity contribution in [2.75, 3.05) is 23.0 Å². The Morgan fingerprint density at radius 2 is 1.29 bits per heavy atom. The molecule has 0 aliphatic carbocycles. The van der Waals surface area contributed by atoms with Gasteiger partial charge in [0.25, 0.3) is 0 Å². The molecule has 17 nitrogen and oxygen atoms in total. The zero-order valence-corrected chi connectivity index (χ0v) is 37.7. The van der Waals surface area contributed by atoms with Gasteiger partial charge in [-0.15, -0.1) is 0 Å². The van der Waals surface area contributed by atoms with Crippen LogP contribution in [0.4, 0.5) is 23.0 Å². The number of aromatic nitrogens is 2. The topological polar surface area (TPSA) is 257 Å². The number of unbranched alkanes of at least 4 members (excludes halogenated alkanes) is 1. The van der Waals surface area contributed by atoms with Crippen LogP contribution in [0.1, 0.15) is 12.8 Å². The van der Waals surface area contributed by atoms with E-state index in [2.05, 4.69) is 39.3 Å². The van der Waals surface area contributed by atoms with Gasteiger partial charge >= 0.3 is 118 Å². The van der Waals surface area contributed by atoms with Gasteiger partial charge in [-0.2, -0.15) is 8.67 Å². The molecule has 0 bridgehead atoms. The predicted octanol–water partition coefficient (Wildman–Crippen LogP) is -9.80. The third-order valence-electron chi connectivity index (χ3n) is 5.64. The first-order valence-corrected chi connectivity index (χ1v) is 16.8. The molecule has 0 aliphatic heterocycles. The molecule has 0 unspecified atom stereocenters. The molecular formula is C24H20N4Na4O13S4. The summed E-state index contributed by atoms with van der Waals surface area (Å²) in [6.45, 7) is 0.242. The first-order valence-electron chi connectivity index (χ1n) is 12.3. The molecule has 3 aromatic carbocycles. The van der Waals surface area contributed by atoms with Crippen LogP contribution in [0, 0.1) is 0 Å². The van der Waals surface area contributed by atoms with Crippen LogP contribution in [0.15, 0.2) is 75.6 Å². The number of rotatable bonds is 17. The van der Waals surface area contributed by atoms with Crippen molar-refractivity contribution in [2.45, 2.75) is 27.5 Å². The van der Waals surface area contributed by atoms with Gasteiger partial charge in [0.2, 0.25) is 0 Å². The molecule has 1 aromatic heterocycles. The molecule has 4 rings (SSSR count). The summed E-state index contributed by atoms with van der Waals surface area (Å²) in [5.41, 5.74) is 0.716. The second kappa shape index (κ2) is 24.2. The Hall–Kier alpha value is 0.680. The van der Waals surface area contributed by atoms with Crippen molar-refractivity contribution in [3.05, 3.63) is 60.9 Å². The molecule has 2 N–H and O–H groups in total. The number of fused-ring (bicyclic) bond motifs is 1. The van der Waals surface area contributed by atoms with Crippen molar-refractivity contribution < 1.29 is 178 Å². The second-order valence-corrected chi connectivity index (χ2v) is 13.2. The molecule has 0 radical (unpaired) electrons. The maximum absolute atomic E-state index is 12.2. The normalized spacial score (nSPS) is 10.9. The molecule has 0 spiro atoms. The first kappa shape index (κ1) is 49.7. The summed E-state index contributed by atoms with van der Waals surface area (Å²) in [6, 6.07) is 12.0. The van der Waals surface area contributed by atoms with E-state index in [9.17, 15) is 36.5 Å². The molecule has 4 aromatic rings. The molecule has 0 saturated carbocycles. The second-order valence-electron chi connectivity index (χ2n) is 8.76. The van der Waals surface area contributed by atoms with Gasteiger partial charge in [-0.1, -0.05) is 0 Å². The molecule has 1 heterocycles. The number of nitrogens with one attached hydrogen (secondary N) is 2. The van der Waals surface area contributed by atoms with Crippen LogP contribution >= 0.6 is 24.1 Å². The van der Waals surface area contributed by atoms with E-state index in [0.717, 1.165) is 6.07 Å². The molecule has 0 amide bonds. The molecule has 0 saturated heterocycles. The molecule has 0 aliphatic rings. The third kappa shape index (κ3) is 16.7. The fourth-order valence-electron chi connectivity index (χ4n) is 3.87. The molecular weight excluding hydrogens is 773 g/mol. The molecule has 0 atom stereocenters. The van der Waals surface area contributed by atoms with E-state index in [0.29, 0.717) is 47.8 Å². The average Bonchev–Trinajstić information content (AvgIpc) is 2.99. The minimum absolute atomic E-state index is 0. The number of anilines is 4. The van der Waals surface area contributed by atoms with Gasteiger partial charge in [-0.3, -0.25) is 10.1 Å². The minimum atomic E-state index is -5.06. The van der Waals surface area contributed by atoms with E-state index in [1.807, 2.05) is 0 Å². The van der Waals surface area contributed by atoms with E-state index in [-0.39, 0.29) is 163 Å². The number of hydrogen-bond acceptors (Lipinski definition) is 19. The zero-order valence-electron chi connectivity index (χ0n) is 26.4. The van der Waals surface area contributed by atoms with Gasteiger partial charge in [-0.25, -0.2) is 26.8 Å². The van der Waals surface area contributed by atoms with Gasteiger partial charge in [0.1, 0.15) is 27.5 Å². The summed E-state index contributed by atoms with van der Waals surface area (Å²) in [5, 5.41) is 33.4. The van der Waals surface area contributed by atoms with Gasteiger partial charge in [-0.05, 0) is 66.8 Å². The van der Waals surface area contributed by atoms with E-state index in [1.54, 1.807) is 24.3 Å². The minimum Gasteiger partial charge on any atom is -0.748 e. The molecule has 242 valence electrons. The van der Waals surface area contributed by atoms with Crippen LogP contribution in [-0.4, -0.2) is 48.3 Å². The van der Waals surface area contributed by atoms with Crippen LogP contribution in [0.25, 0.3) is 10.8 Å². The van der Waals surface area contributed by atoms with Crippen molar-refractivity contribution in [1.29, 1.82) is 0 Å². The van der Waals surface area contributed by atoms with Crippen molar-refractivity contribution in [3.8, 4) is 5.75 Å². The van der Waals surface area contributed by atoms with E-state index in [1.165, 1.54) is 30.6 Å². The molecule has 0 fully saturated rings. The Morgan fingerprint density at radius 3 is 1.80 bits per heavy atom. The van der Waals surface area contributed by atoms with Crippen LogP contribution in [0.3, 0.4) is 0 Å². The largest absolute Gasteiger partial charge is 1.00 e. The zero-order chi connectivity index (χ0) is 32.5. The van der Waals surface area contributed by atoms with Gasteiger partial charge in [0.15, 0.2) is 0 Å². The smallest absolute Gasteiger partial charge is 0.748 e. The standard InChI is InChI=1S/C24H24N4O13S4.4Na/c29-38-40-42-18-9-15-10-19(43-41-39-30)12-21(45(34,35)36)24(15)20(11-18)28-23-14-25-22(13-26-23)27-16-3-5-17(6-4-16)37-7-1-2-8-44(31,32)33;;;;/h3-6,9-14,29-30H,1-2,7-8H2,(H,25,27)(H,26,28)(H,31,32,33)(H,34,35,36);;;;/q;4*+1/p-4. The summed E-state index contributed by atoms with van der Waals surface area (Å²) in [6.07, 6.45) is 3.32. The number of hydrogen-bond donors (Lipinski definition) is 2. The predicted molar refractivity (Wildman–Crippen MR) is 152 cm³/mol. The van der Waals surface area contributed by atoms with Crippen molar-refractivity contribution in [3.63, 3.8) is 0 Å². The number of benzene rings is 3. The Balaban J connectivity index is 0.00000576. The average molecular weight is 793 g/mol. The summed E-state index contributed by atoms with van der Waals surface area (Å²) < 4.78 is 82.7. The van der Waals surface area contributed by atoms with E-state index in [4.69, 9.17) is 4.74 Å². The van der Waals surface area contributed by atoms with Gasteiger partial charge in [0.05, 0.1) is 63.8 Å². The first-order chi connectivity index (χ1) is 21.4. The third-order valence-corrected chi connectivity index (χ3v) is 8.40. The summed E-state index contributed by atoms with van der Waals surface area (Å²) in [5.74, 6) is 0.582. The number of ether oxygens (including phenoxy) is 1. The van der Waals surface area contributed by atoms with E-state index < -0.39 is 30.9 Å². The van der Waals surface area contributed by atoms with Crippen molar-refractivity contribution >= 4 is 78.1 Å². The van der Waals surface area contributed by atoms with Crippen molar-refractivity contribution in [2.24, 2.45) is 0 Å². The van der Waals surface area contributed by atoms with Crippen LogP contribution in [0.2, 0.25) is 0 Å². The Kier molecular flexibility index (Phi) is 24.5. The fraction of sp³-hybridized carbons (Fsp3) is 0.167. The van der Waals surface area contributed by atoms with Crippen LogP contribution in [-0.2, 0) is 39.0 Å². The summed E-state index contributed by atoms with van der Waals surface area (Å²) >= 11 is 0.878. The maximum atomic E-state index is 12.2.